The van der Waals surface area contributed by atoms with Crippen LogP contribution in [-0.2, 0) is 0 Å². The molecule has 2 heterocycles. The number of hydrogen-bond acceptors (Lipinski definition) is 4. The molecule has 1 aromatic heterocycles. The van der Waals surface area contributed by atoms with Crippen molar-refractivity contribution in [3.05, 3.63) is 47.4 Å². The van der Waals surface area contributed by atoms with Crippen LogP contribution < -0.4 is 9.64 Å². The number of carbonyl (C=O) groups is 1. The molecule has 0 fully saturated rings. The molecule has 1 amide bonds. The van der Waals surface area contributed by atoms with Crippen LogP contribution in [0, 0.1) is 0 Å². The third-order valence-corrected chi connectivity index (χ3v) is 5.38. The summed E-state index contributed by atoms with van der Waals surface area (Å²) >= 11 is 1.55. The van der Waals surface area contributed by atoms with Gasteiger partial charge in [0.25, 0.3) is 5.91 Å². The molecule has 2 aromatic rings. The summed E-state index contributed by atoms with van der Waals surface area (Å²) in [5.74, 6) is 0.890. The average Bonchev–Trinajstić information content (AvgIpc) is 2.89. The first kappa shape index (κ1) is 17.5. The number of ether oxygens (including phenoxy) is 1. The van der Waals surface area contributed by atoms with E-state index in [9.17, 15) is 4.79 Å². The summed E-state index contributed by atoms with van der Waals surface area (Å²) in [5, 5.41) is 1.08. The fraction of sp³-hybridized carbons (Fsp3) is 0.350. The highest BCUT2D eigenvalue weighted by Crippen LogP contribution is 2.42. The monoisotopic (exact) mass is 356 g/mol. The maximum Gasteiger partial charge on any atom is 0.266 e. The summed E-state index contributed by atoms with van der Waals surface area (Å²) in [6, 6.07) is 6.00. The highest BCUT2D eigenvalue weighted by Gasteiger charge is 2.30. The average molecular weight is 356 g/mol. The predicted octanol–water partition coefficient (Wildman–Crippen LogP) is 4.32. The number of hydrogen-bond donors (Lipinski definition) is 0. The van der Waals surface area contributed by atoms with Crippen molar-refractivity contribution in [1.82, 2.24) is 4.90 Å². The maximum absolute atomic E-state index is 13.1. The third-order valence-electron chi connectivity index (χ3n) is 4.23. The summed E-state index contributed by atoms with van der Waals surface area (Å²) < 4.78 is 6.49. The van der Waals surface area contributed by atoms with Crippen molar-refractivity contribution in [2.24, 2.45) is 0 Å². The van der Waals surface area contributed by atoms with E-state index in [0.717, 1.165) is 50.6 Å². The van der Waals surface area contributed by atoms with Gasteiger partial charge < -0.3 is 14.5 Å². The van der Waals surface area contributed by atoms with E-state index < -0.39 is 0 Å². The van der Waals surface area contributed by atoms with E-state index in [1.807, 2.05) is 36.9 Å². The first-order valence-electron chi connectivity index (χ1n) is 8.34. The second kappa shape index (κ2) is 6.92. The van der Waals surface area contributed by atoms with Gasteiger partial charge in [0, 0.05) is 36.3 Å². The van der Waals surface area contributed by atoms with Gasteiger partial charge in [-0.05, 0) is 32.0 Å². The van der Waals surface area contributed by atoms with Gasteiger partial charge in [0.2, 0.25) is 0 Å². The molecule has 0 unspecified atom stereocenters. The minimum absolute atomic E-state index is 0.0855. The van der Waals surface area contributed by atoms with Crippen LogP contribution in [0.15, 0.2) is 42.5 Å². The van der Waals surface area contributed by atoms with Crippen molar-refractivity contribution < 1.29 is 9.53 Å². The fourth-order valence-corrected chi connectivity index (χ4v) is 4.38. The zero-order chi connectivity index (χ0) is 18.1. The van der Waals surface area contributed by atoms with E-state index in [1.165, 1.54) is 0 Å². The van der Waals surface area contributed by atoms with Crippen molar-refractivity contribution in [1.29, 1.82) is 0 Å². The van der Waals surface area contributed by atoms with E-state index in [2.05, 4.69) is 18.1 Å². The lowest BCUT2D eigenvalue weighted by molar-refractivity contribution is 0.0785. The number of nitrogens with zero attached hydrogens (tertiary/aromatic N) is 2. The maximum atomic E-state index is 13.1. The molecular formula is C20H24N2O2S. The third kappa shape index (κ3) is 3.42. The van der Waals surface area contributed by atoms with Gasteiger partial charge in [0.1, 0.15) is 10.6 Å². The molecule has 0 radical (unpaired) electrons. The molecule has 5 heteroatoms. The largest absolute Gasteiger partial charge is 0.497 e. The van der Waals surface area contributed by atoms with Crippen LogP contribution in [0.1, 0.15) is 23.5 Å². The highest BCUT2D eigenvalue weighted by atomic mass is 32.1. The quantitative estimate of drug-likeness (QED) is 0.748. The van der Waals surface area contributed by atoms with E-state index in [0.29, 0.717) is 13.1 Å². The van der Waals surface area contributed by atoms with E-state index in [4.69, 9.17) is 4.74 Å². The topological polar surface area (TPSA) is 32.8 Å². The lowest BCUT2D eigenvalue weighted by Gasteiger charge is -2.25. The Balaban J connectivity index is 2.16. The molecule has 0 atom stereocenters. The molecule has 3 rings (SSSR count). The van der Waals surface area contributed by atoms with Crippen LogP contribution in [0.5, 0.6) is 5.75 Å². The Morgan fingerprint density at radius 1 is 1.16 bits per heavy atom. The van der Waals surface area contributed by atoms with Crippen molar-refractivity contribution in [3.8, 4) is 5.75 Å². The van der Waals surface area contributed by atoms with Crippen molar-refractivity contribution in [2.75, 3.05) is 38.2 Å². The molecule has 25 heavy (non-hydrogen) atoms. The van der Waals surface area contributed by atoms with Gasteiger partial charge in [0.05, 0.1) is 12.8 Å². The summed E-state index contributed by atoms with van der Waals surface area (Å²) in [4.78, 5) is 18.1. The van der Waals surface area contributed by atoms with Crippen LogP contribution in [0.4, 0.5) is 5.69 Å². The molecule has 0 saturated carbocycles. The van der Waals surface area contributed by atoms with E-state index >= 15 is 0 Å². The van der Waals surface area contributed by atoms with Gasteiger partial charge in [0.15, 0.2) is 0 Å². The summed E-state index contributed by atoms with van der Waals surface area (Å²) in [5.41, 5.74) is 3.08. The smallest absolute Gasteiger partial charge is 0.266 e. The number of carbonyl (C=O) groups excluding carboxylic acids is 1. The summed E-state index contributed by atoms with van der Waals surface area (Å²) in [6.45, 7) is 14.8. The van der Waals surface area contributed by atoms with Crippen molar-refractivity contribution in [2.45, 2.75) is 13.8 Å². The second-order valence-corrected chi connectivity index (χ2v) is 7.76. The molecular weight excluding hydrogens is 332 g/mol. The number of methoxy groups -OCH3 is 1. The lowest BCUT2D eigenvalue weighted by atomic mass is 10.1. The Kier molecular flexibility index (Phi) is 4.86. The first-order valence-corrected chi connectivity index (χ1v) is 9.16. The Hall–Kier alpha value is -2.27. The van der Waals surface area contributed by atoms with Crippen LogP contribution in [0.3, 0.4) is 0 Å². The number of benzene rings is 1. The Bertz CT molecular complexity index is 853. The molecule has 0 bridgehead atoms. The van der Waals surface area contributed by atoms with Gasteiger partial charge in [-0.25, -0.2) is 0 Å². The molecule has 1 aliphatic rings. The van der Waals surface area contributed by atoms with Gasteiger partial charge in [-0.3, -0.25) is 4.79 Å². The zero-order valence-corrected chi connectivity index (χ0v) is 15.9. The molecule has 132 valence electrons. The van der Waals surface area contributed by atoms with Gasteiger partial charge >= 0.3 is 0 Å². The predicted molar refractivity (Wildman–Crippen MR) is 106 cm³/mol. The van der Waals surface area contributed by atoms with Crippen molar-refractivity contribution in [3.63, 3.8) is 0 Å². The van der Waals surface area contributed by atoms with Crippen LogP contribution in [-0.4, -0.2) is 44.1 Å². The molecule has 0 saturated heterocycles. The molecule has 0 N–H and O–H groups in total. The van der Waals surface area contributed by atoms with Crippen molar-refractivity contribution >= 4 is 33.0 Å². The van der Waals surface area contributed by atoms with Crippen LogP contribution in [0.2, 0.25) is 0 Å². The Morgan fingerprint density at radius 3 is 2.44 bits per heavy atom. The number of amides is 1. The molecule has 0 spiro atoms. The summed E-state index contributed by atoms with van der Waals surface area (Å²) in [6.07, 6.45) is 0. The fourth-order valence-electron chi connectivity index (χ4n) is 3.21. The van der Waals surface area contributed by atoms with E-state index in [1.54, 1.807) is 18.4 Å². The van der Waals surface area contributed by atoms with Crippen LogP contribution in [0.25, 0.3) is 10.1 Å². The molecule has 1 aromatic carbocycles. The minimum atomic E-state index is 0.0855. The molecule has 0 aliphatic carbocycles. The first-order chi connectivity index (χ1) is 11.9. The minimum Gasteiger partial charge on any atom is -0.497 e. The highest BCUT2D eigenvalue weighted by molar-refractivity contribution is 7.21. The van der Waals surface area contributed by atoms with Gasteiger partial charge in [-0.2, -0.15) is 0 Å². The number of rotatable bonds is 5. The Morgan fingerprint density at radius 2 is 1.80 bits per heavy atom. The zero-order valence-electron chi connectivity index (χ0n) is 15.1. The Labute approximate surface area is 153 Å². The normalized spacial score (nSPS) is 14.4. The lowest BCUT2D eigenvalue weighted by Crippen LogP contribution is -2.36. The summed E-state index contributed by atoms with van der Waals surface area (Å²) in [7, 11) is 1.66. The number of thiophene rings is 1. The number of fused-ring (bicyclic) bond motifs is 3. The van der Waals surface area contributed by atoms with Gasteiger partial charge in [-0.1, -0.05) is 24.3 Å². The van der Waals surface area contributed by atoms with E-state index in [-0.39, 0.29) is 5.91 Å². The molecule has 4 nitrogen and oxygen atoms in total. The second-order valence-electron chi connectivity index (χ2n) is 6.70. The van der Waals surface area contributed by atoms with Gasteiger partial charge in [-0.15, -0.1) is 11.3 Å². The number of anilines is 1. The standard InChI is InChI=1S/C20H24N2O2S/c1-13(2)11-21-8-9-22(12-14(3)4)20(23)19-18(21)16-10-15(24-5)6-7-17(16)25-19/h6-7,10H,1,3,8-9,11-12H2,2,4-5H3. The SMILES string of the molecule is C=C(C)CN1CCN(CC(=C)C)c2c(sc3ccc(OC)cc23)C1=O. The van der Waals surface area contributed by atoms with Crippen LogP contribution >= 0.6 is 11.3 Å². The molecule has 1 aliphatic heterocycles.